The SMILES string of the molecule is O[C@@H]1CCCOC12CCN(CCn1cnnc1)CC2. The van der Waals surface area contributed by atoms with Gasteiger partial charge in [-0.15, -0.1) is 10.2 Å². The second-order valence-corrected chi connectivity index (χ2v) is 5.61. The van der Waals surface area contributed by atoms with Gasteiger partial charge in [-0.2, -0.15) is 0 Å². The third kappa shape index (κ3) is 2.80. The van der Waals surface area contributed by atoms with Crippen molar-refractivity contribution >= 4 is 0 Å². The van der Waals surface area contributed by atoms with Crippen LogP contribution < -0.4 is 0 Å². The van der Waals surface area contributed by atoms with Crippen LogP contribution >= 0.6 is 0 Å². The predicted octanol–water partition coefficient (Wildman–Crippen LogP) is 0.284. The Kier molecular flexibility index (Phi) is 3.81. The van der Waals surface area contributed by atoms with Gasteiger partial charge >= 0.3 is 0 Å². The van der Waals surface area contributed by atoms with Crippen LogP contribution in [-0.2, 0) is 11.3 Å². The number of aliphatic hydroxyl groups excluding tert-OH is 1. The van der Waals surface area contributed by atoms with Crippen molar-refractivity contribution < 1.29 is 9.84 Å². The molecular weight excluding hydrogens is 244 g/mol. The number of hydrogen-bond donors (Lipinski definition) is 1. The number of likely N-dealkylation sites (tertiary alicyclic amines) is 1. The van der Waals surface area contributed by atoms with E-state index in [4.69, 9.17) is 4.74 Å². The molecule has 0 radical (unpaired) electrons. The van der Waals surface area contributed by atoms with Gasteiger partial charge in [0.2, 0.25) is 0 Å². The molecule has 1 aromatic rings. The number of rotatable bonds is 3. The zero-order valence-corrected chi connectivity index (χ0v) is 11.2. The lowest BCUT2D eigenvalue weighted by Crippen LogP contribution is -2.55. The third-order valence-corrected chi connectivity index (χ3v) is 4.46. The first-order chi connectivity index (χ1) is 9.28. The molecule has 2 fully saturated rings. The van der Waals surface area contributed by atoms with Crippen molar-refractivity contribution in [2.45, 2.75) is 43.9 Å². The molecule has 2 aliphatic rings. The highest BCUT2D eigenvalue weighted by Crippen LogP contribution is 2.35. The number of ether oxygens (including phenoxy) is 1. The van der Waals surface area contributed by atoms with Crippen LogP contribution in [0.25, 0.3) is 0 Å². The monoisotopic (exact) mass is 266 g/mol. The summed E-state index contributed by atoms with van der Waals surface area (Å²) in [5, 5.41) is 17.8. The second kappa shape index (κ2) is 5.56. The fourth-order valence-electron chi connectivity index (χ4n) is 3.14. The fourth-order valence-corrected chi connectivity index (χ4v) is 3.14. The van der Waals surface area contributed by atoms with Gasteiger partial charge in [-0.05, 0) is 25.7 Å². The van der Waals surface area contributed by atoms with E-state index in [0.29, 0.717) is 0 Å². The van der Waals surface area contributed by atoms with Gasteiger partial charge < -0.3 is 19.3 Å². The van der Waals surface area contributed by atoms with E-state index in [2.05, 4.69) is 15.1 Å². The number of aliphatic hydroxyl groups is 1. The molecule has 2 saturated heterocycles. The molecule has 3 heterocycles. The fraction of sp³-hybridized carbons (Fsp3) is 0.846. The summed E-state index contributed by atoms with van der Waals surface area (Å²) in [5.41, 5.74) is -0.259. The molecule has 0 saturated carbocycles. The molecule has 0 aliphatic carbocycles. The quantitative estimate of drug-likeness (QED) is 0.851. The van der Waals surface area contributed by atoms with Crippen molar-refractivity contribution in [3.05, 3.63) is 12.7 Å². The predicted molar refractivity (Wildman–Crippen MR) is 69.6 cm³/mol. The van der Waals surface area contributed by atoms with Crippen LogP contribution in [0.1, 0.15) is 25.7 Å². The van der Waals surface area contributed by atoms with E-state index < -0.39 is 0 Å². The highest BCUT2D eigenvalue weighted by molar-refractivity contribution is 4.95. The summed E-state index contributed by atoms with van der Waals surface area (Å²) >= 11 is 0. The Morgan fingerprint density at radius 2 is 1.95 bits per heavy atom. The van der Waals surface area contributed by atoms with E-state index in [-0.39, 0.29) is 11.7 Å². The van der Waals surface area contributed by atoms with Crippen LogP contribution in [0, 0.1) is 0 Å². The Balaban J connectivity index is 1.49. The minimum atomic E-state index is -0.277. The highest BCUT2D eigenvalue weighted by Gasteiger charge is 2.43. The lowest BCUT2D eigenvalue weighted by atomic mass is 9.82. The molecule has 19 heavy (non-hydrogen) atoms. The van der Waals surface area contributed by atoms with E-state index in [9.17, 15) is 5.11 Å². The molecule has 0 bridgehead atoms. The first-order valence-corrected chi connectivity index (χ1v) is 7.15. The van der Waals surface area contributed by atoms with Crippen LogP contribution in [0.5, 0.6) is 0 Å². The van der Waals surface area contributed by atoms with Crippen molar-refractivity contribution in [2.75, 3.05) is 26.2 Å². The van der Waals surface area contributed by atoms with E-state index in [1.54, 1.807) is 12.7 Å². The van der Waals surface area contributed by atoms with Crippen molar-refractivity contribution in [2.24, 2.45) is 0 Å². The van der Waals surface area contributed by atoms with Crippen LogP contribution in [0.2, 0.25) is 0 Å². The summed E-state index contributed by atoms with van der Waals surface area (Å²) in [4.78, 5) is 2.43. The Hall–Kier alpha value is -0.980. The van der Waals surface area contributed by atoms with Crippen molar-refractivity contribution in [1.82, 2.24) is 19.7 Å². The Morgan fingerprint density at radius 3 is 2.63 bits per heavy atom. The zero-order valence-electron chi connectivity index (χ0n) is 11.2. The van der Waals surface area contributed by atoms with Gasteiger partial charge in [0.05, 0.1) is 11.7 Å². The number of piperidine rings is 1. The summed E-state index contributed by atoms with van der Waals surface area (Å²) in [5.74, 6) is 0. The molecule has 0 aromatic carbocycles. The maximum absolute atomic E-state index is 10.2. The van der Waals surface area contributed by atoms with Crippen LogP contribution in [0.4, 0.5) is 0 Å². The van der Waals surface area contributed by atoms with E-state index in [1.165, 1.54) is 0 Å². The summed E-state index contributed by atoms with van der Waals surface area (Å²) in [6.07, 6.45) is 6.98. The molecule has 1 aromatic heterocycles. The van der Waals surface area contributed by atoms with Crippen molar-refractivity contribution in [1.29, 1.82) is 0 Å². The average molecular weight is 266 g/mol. The van der Waals surface area contributed by atoms with Gasteiger partial charge in [0.25, 0.3) is 0 Å². The Labute approximate surface area is 113 Å². The molecule has 3 rings (SSSR count). The van der Waals surface area contributed by atoms with Crippen LogP contribution in [0.15, 0.2) is 12.7 Å². The highest BCUT2D eigenvalue weighted by atomic mass is 16.5. The van der Waals surface area contributed by atoms with Gasteiger partial charge in [-0.25, -0.2) is 0 Å². The number of aromatic nitrogens is 3. The topological polar surface area (TPSA) is 63.4 Å². The Morgan fingerprint density at radius 1 is 1.21 bits per heavy atom. The smallest absolute Gasteiger partial charge is 0.119 e. The standard InChI is InChI=1S/C13H22N4O2/c18-12-2-1-9-19-13(12)3-5-16(6-4-13)7-8-17-10-14-15-11-17/h10-12,18H,1-9H2/t12-/m1/s1. The van der Waals surface area contributed by atoms with E-state index >= 15 is 0 Å². The molecule has 1 spiro atoms. The van der Waals surface area contributed by atoms with Gasteiger partial charge in [0, 0.05) is 32.8 Å². The van der Waals surface area contributed by atoms with Crippen LogP contribution in [0.3, 0.4) is 0 Å². The third-order valence-electron chi connectivity index (χ3n) is 4.46. The minimum absolute atomic E-state index is 0.259. The summed E-state index contributed by atoms with van der Waals surface area (Å²) < 4.78 is 7.91. The normalized spacial score (nSPS) is 27.7. The molecule has 0 unspecified atom stereocenters. The molecule has 1 N–H and O–H groups in total. The first kappa shape index (κ1) is 13.0. The maximum atomic E-state index is 10.2. The van der Waals surface area contributed by atoms with Gasteiger partial charge in [-0.1, -0.05) is 0 Å². The molecule has 6 heteroatoms. The molecule has 6 nitrogen and oxygen atoms in total. The largest absolute Gasteiger partial charge is 0.390 e. The maximum Gasteiger partial charge on any atom is 0.119 e. The molecule has 2 aliphatic heterocycles. The van der Waals surface area contributed by atoms with Gasteiger partial charge in [0.15, 0.2) is 0 Å². The van der Waals surface area contributed by atoms with Gasteiger partial charge in [0.1, 0.15) is 12.7 Å². The van der Waals surface area contributed by atoms with Gasteiger partial charge in [-0.3, -0.25) is 0 Å². The lowest BCUT2D eigenvalue weighted by molar-refractivity contribution is -0.176. The molecule has 106 valence electrons. The zero-order chi connectivity index (χ0) is 13.1. The number of nitrogens with zero attached hydrogens (tertiary/aromatic N) is 4. The van der Waals surface area contributed by atoms with E-state index in [1.807, 2.05) is 4.57 Å². The second-order valence-electron chi connectivity index (χ2n) is 5.61. The summed E-state index contributed by atoms with van der Waals surface area (Å²) in [6, 6.07) is 0. The van der Waals surface area contributed by atoms with Crippen LogP contribution in [-0.4, -0.2) is 62.7 Å². The van der Waals surface area contributed by atoms with Crippen molar-refractivity contribution in [3.8, 4) is 0 Å². The van der Waals surface area contributed by atoms with Crippen molar-refractivity contribution in [3.63, 3.8) is 0 Å². The average Bonchev–Trinajstić information content (AvgIpc) is 2.95. The van der Waals surface area contributed by atoms with E-state index in [0.717, 1.165) is 58.5 Å². The minimum Gasteiger partial charge on any atom is -0.390 e. The summed E-state index contributed by atoms with van der Waals surface area (Å²) in [6.45, 7) is 4.73. The number of hydrogen-bond acceptors (Lipinski definition) is 5. The molecule has 0 amide bonds. The molecule has 1 atom stereocenters. The Bertz CT molecular complexity index is 387. The lowest BCUT2D eigenvalue weighted by Gasteiger charge is -2.46. The first-order valence-electron chi connectivity index (χ1n) is 7.15. The molecular formula is C13H22N4O2. The summed E-state index contributed by atoms with van der Waals surface area (Å²) in [7, 11) is 0.